The van der Waals surface area contributed by atoms with Crippen LogP contribution in [-0.2, 0) is 16.0 Å². The molecule has 2 amide bonds. The lowest BCUT2D eigenvalue weighted by atomic mass is 10.0. The number of benzene rings is 2. The molecule has 4 rings (SSSR count). The summed E-state index contributed by atoms with van der Waals surface area (Å²) >= 11 is 1.14. The number of fused-ring (bicyclic) bond motifs is 1. The Balaban J connectivity index is 1.55. The van der Waals surface area contributed by atoms with Gasteiger partial charge in [0.15, 0.2) is 6.61 Å². The summed E-state index contributed by atoms with van der Waals surface area (Å²) in [5.74, 6) is -0.148. The van der Waals surface area contributed by atoms with Crippen molar-refractivity contribution >= 4 is 33.4 Å². The maximum Gasteiger partial charge on any atom is 0.305 e. The molecular weight excluding hydrogens is 456 g/mol. The Bertz CT molecular complexity index is 1240. The summed E-state index contributed by atoms with van der Waals surface area (Å²) in [6.07, 6.45) is 0.512. The normalized spacial score (nSPS) is 17.1. The molecule has 2 heterocycles. The van der Waals surface area contributed by atoms with Gasteiger partial charge in [0.25, 0.3) is 5.91 Å². The van der Waals surface area contributed by atoms with Crippen molar-refractivity contribution in [2.45, 2.75) is 25.0 Å². The number of β-amino-alcohol motifs (C(OH)–C–C–N with tert-alkyl or cyclic N) is 1. The first-order valence-corrected chi connectivity index (χ1v) is 11.9. The van der Waals surface area contributed by atoms with Crippen LogP contribution < -0.4 is 15.3 Å². The average Bonchev–Trinajstić information content (AvgIpc) is 3.39. The van der Waals surface area contributed by atoms with Gasteiger partial charge < -0.3 is 25.5 Å². The van der Waals surface area contributed by atoms with Crippen LogP contribution in [0.1, 0.15) is 23.6 Å². The first-order valence-electron chi connectivity index (χ1n) is 11.1. The number of carbonyl (C=O) groups excluding carboxylic acids is 2. The number of aliphatic hydroxyl groups excluding tert-OH is 1. The highest BCUT2D eigenvalue weighted by molar-refractivity contribution is 7.16. The van der Waals surface area contributed by atoms with E-state index in [-0.39, 0.29) is 36.0 Å². The van der Waals surface area contributed by atoms with Crippen LogP contribution in [0.4, 0.5) is 0 Å². The van der Waals surface area contributed by atoms with E-state index in [1.165, 1.54) is 0 Å². The van der Waals surface area contributed by atoms with Crippen molar-refractivity contribution in [3.63, 3.8) is 0 Å². The van der Waals surface area contributed by atoms with Crippen molar-refractivity contribution in [2.75, 3.05) is 33.3 Å². The molecule has 1 fully saturated rings. The number of ether oxygens (including phenoxy) is 1. The third kappa shape index (κ3) is 5.82. The van der Waals surface area contributed by atoms with Gasteiger partial charge in [-0.25, -0.2) is 0 Å². The fourth-order valence-corrected chi connectivity index (χ4v) is 4.94. The molecule has 9 nitrogen and oxygen atoms in total. The lowest BCUT2D eigenvalue weighted by molar-refractivity contribution is -0.131. The van der Waals surface area contributed by atoms with E-state index in [2.05, 4.69) is 9.88 Å². The molecule has 180 valence electrons. The van der Waals surface area contributed by atoms with Crippen LogP contribution in [0.25, 0.3) is 10.2 Å². The monoisotopic (exact) mass is 484 g/mol. The number of thiazole rings is 1. The number of aliphatic hydroxyl groups is 1. The molecule has 1 aromatic heterocycles. The van der Waals surface area contributed by atoms with Crippen LogP contribution in [0.2, 0.25) is 0 Å². The quantitative estimate of drug-likeness (QED) is 0.419. The summed E-state index contributed by atoms with van der Waals surface area (Å²) in [6.45, 7) is 1.63. The Hall–Kier alpha value is -3.21. The van der Waals surface area contributed by atoms with E-state index < -0.39 is 5.91 Å². The van der Waals surface area contributed by atoms with Crippen LogP contribution in [0.3, 0.4) is 0 Å². The van der Waals surface area contributed by atoms with Crippen molar-refractivity contribution in [1.82, 2.24) is 14.8 Å². The number of carbonyl (C=O) groups is 2. The van der Waals surface area contributed by atoms with Gasteiger partial charge in [0, 0.05) is 26.7 Å². The van der Waals surface area contributed by atoms with Crippen molar-refractivity contribution in [1.29, 1.82) is 0 Å². The summed E-state index contributed by atoms with van der Waals surface area (Å²) in [5.41, 5.74) is 7.59. The Morgan fingerprint density at radius 2 is 2.15 bits per heavy atom. The molecule has 1 aliphatic heterocycles. The summed E-state index contributed by atoms with van der Waals surface area (Å²) < 4.78 is 6.32. The van der Waals surface area contributed by atoms with Crippen LogP contribution in [0, 0.1) is 0 Å². The van der Waals surface area contributed by atoms with E-state index in [4.69, 9.17) is 10.5 Å². The number of nitrogens with zero attached hydrogens (tertiary/aromatic N) is 2. The number of nitrogens with one attached hydrogen (secondary N) is 1. The van der Waals surface area contributed by atoms with E-state index in [1.54, 1.807) is 18.0 Å². The molecule has 34 heavy (non-hydrogen) atoms. The van der Waals surface area contributed by atoms with Gasteiger partial charge in [-0.2, -0.15) is 0 Å². The van der Waals surface area contributed by atoms with Gasteiger partial charge in [-0.1, -0.05) is 29.5 Å². The third-order valence-corrected chi connectivity index (χ3v) is 6.87. The standard InChI is InChI=1S/C24H28N4O5S/c1-27(23(31)10-15-5-6-21-19(9-15)26-24(32)34-21)20(13-28-8-7-17(29)12-28)16-3-2-4-18(11-16)33-14-22(25)30/h2-6,9,11,17,20,29H,7-8,10,12-14H2,1H3,(H2,25,30)(H,26,32)/t17-,20+/m0/s1. The molecule has 1 aliphatic rings. The van der Waals surface area contributed by atoms with Crippen molar-refractivity contribution in [3.05, 3.63) is 63.3 Å². The van der Waals surface area contributed by atoms with E-state index in [0.717, 1.165) is 39.2 Å². The highest BCUT2D eigenvalue weighted by Gasteiger charge is 2.28. The molecular formula is C24H28N4O5S. The zero-order chi connectivity index (χ0) is 24.2. The SMILES string of the molecule is CN(C(=O)Cc1ccc2sc(=O)[nH]c2c1)[C@H](CN1CC[C@H](O)C1)c1cccc(OCC(N)=O)c1. The first kappa shape index (κ1) is 23.9. The van der Waals surface area contributed by atoms with Crippen LogP contribution in [0.5, 0.6) is 5.75 Å². The molecule has 4 N–H and O–H groups in total. The highest BCUT2D eigenvalue weighted by atomic mass is 32.1. The molecule has 0 spiro atoms. The average molecular weight is 485 g/mol. The van der Waals surface area contributed by atoms with Crippen LogP contribution >= 0.6 is 11.3 Å². The first-order chi connectivity index (χ1) is 16.3. The number of nitrogens with two attached hydrogens (primary N) is 1. The molecule has 2 atom stereocenters. The second kappa shape index (κ2) is 10.4. The van der Waals surface area contributed by atoms with Crippen LogP contribution in [-0.4, -0.2) is 71.1 Å². The molecule has 10 heteroatoms. The number of H-pyrrole nitrogens is 1. The number of likely N-dealkylation sites (tertiary alicyclic amines) is 1. The van der Waals surface area contributed by atoms with E-state index >= 15 is 0 Å². The van der Waals surface area contributed by atoms with E-state index in [9.17, 15) is 19.5 Å². The van der Waals surface area contributed by atoms with Gasteiger partial charge in [-0.05, 0) is 41.8 Å². The molecule has 1 saturated heterocycles. The van der Waals surface area contributed by atoms with Crippen molar-refractivity contribution in [2.24, 2.45) is 5.73 Å². The fraction of sp³-hybridized carbons (Fsp3) is 0.375. The maximum absolute atomic E-state index is 13.3. The minimum atomic E-state index is -0.566. The third-order valence-electron chi connectivity index (χ3n) is 6.00. The molecule has 0 unspecified atom stereocenters. The maximum atomic E-state index is 13.3. The van der Waals surface area contributed by atoms with Gasteiger partial charge in [0.05, 0.1) is 28.8 Å². The van der Waals surface area contributed by atoms with Gasteiger partial charge in [-0.15, -0.1) is 0 Å². The van der Waals surface area contributed by atoms with Gasteiger partial charge in [0.2, 0.25) is 5.91 Å². The Labute approximate surface area is 200 Å². The molecule has 3 aromatic rings. The molecule has 2 aromatic carbocycles. The van der Waals surface area contributed by atoms with Gasteiger partial charge >= 0.3 is 4.87 Å². The molecule has 0 bridgehead atoms. The van der Waals surface area contributed by atoms with Crippen molar-refractivity contribution in [3.8, 4) is 5.75 Å². The largest absolute Gasteiger partial charge is 0.484 e. The summed E-state index contributed by atoms with van der Waals surface area (Å²) in [5, 5.41) is 9.97. The lowest BCUT2D eigenvalue weighted by Crippen LogP contribution is -2.39. The van der Waals surface area contributed by atoms with Gasteiger partial charge in [0.1, 0.15) is 5.75 Å². The molecule has 0 saturated carbocycles. The highest BCUT2D eigenvalue weighted by Crippen LogP contribution is 2.27. The lowest BCUT2D eigenvalue weighted by Gasteiger charge is -2.32. The van der Waals surface area contributed by atoms with E-state index in [1.807, 2.05) is 36.4 Å². The minimum absolute atomic E-state index is 0.0786. The number of likely N-dealkylation sites (N-methyl/N-ethyl adjacent to an activating group) is 1. The van der Waals surface area contributed by atoms with Crippen molar-refractivity contribution < 1.29 is 19.4 Å². The topological polar surface area (TPSA) is 129 Å². The zero-order valence-corrected chi connectivity index (χ0v) is 19.7. The second-order valence-corrected chi connectivity index (χ2v) is 9.59. The number of aromatic amines is 1. The number of amides is 2. The smallest absolute Gasteiger partial charge is 0.305 e. The summed E-state index contributed by atoms with van der Waals surface area (Å²) in [4.78, 5) is 42.5. The predicted octanol–water partition coefficient (Wildman–Crippen LogP) is 1.26. The second-order valence-electron chi connectivity index (χ2n) is 8.57. The van der Waals surface area contributed by atoms with E-state index in [0.29, 0.717) is 25.3 Å². The molecule has 0 radical (unpaired) electrons. The van der Waals surface area contributed by atoms with Gasteiger partial charge in [-0.3, -0.25) is 19.3 Å². The Kier molecular flexibility index (Phi) is 7.30. The molecule has 0 aliphatic carbocycles. The number of hydrogen-bond acceptors (Lipinski definition) is 7. The number of rotatable bonds is 9. The number of hydrogen-bond donors (Lipinski definition) is 3. The predicted molar refractivity (Wildman–Crippen MR) is 130 cm³/mol. The Morgan fingerprint density at radius 1 is 1.32 bits per heavy atom. The summed E-state index contributed by atoms with van der Waals surface area (Å²) in [7, 11) is 1.77. The Morgan fingerprint density at radius 3 is 2.88 bits per heavy atom. The zero-order valence-electron chi connectivity index (χ0n) is 18.9. The number of primary amides is 1. The van der Waals surface area contributed by atoms with Crippen LogP contribution in [0.15, 0.2) is 47.3 Å². The minimum Gasteiger partial charge on any atom is -0.484 e. The number of aromatic nitrogens is 1. The summed E-state index contributed by atoms with van der Waals surface area (Å²) in [6, 6.07) is 12.5. The fourth-order valence-electron chi connectivity index (χ4n) is 4.22.